The molecule has 1 aliphatic rings. The van der Waals surface area contributed by atoms with Gasteiger partial charge in [0.2, 0.25) is 0 Å². The van der Waals surface area contributed by atoms with Crippen molar-refractivity contribution >= 4 is 17.3 Å². The molecule has 0 aliphatic carbocycles. The standard InChI is InChI=1S/C13H20ClN3/c1-2-5-16-6-8-17(9-7-16)13-3-4-15-11-12(13)10-14/h3-4,11H,2,5-10H2,1H3. The van der Waals surface area contributed by atoms with Crippen molar-refractivity contribution in [1.82, 2.24) is 9.88 Å². The van der Waals surface area contributed by atoms with Crippen LogP contribution in [-0.2, 0) is 5.88 Å². The van der Waals surface area contributed by atoms with Crippen LogP contribution in [0.15, 0.2) is 18.5 Å². The molecular weight excluding hydrogens is 234 g/mol. The zero-order valence-corrected chi connectivity index (χ0v) is 11.2. The zero-order valence-electron chi connectivity index (χ0n) is 10.4. The van der Waals surface area contributed by atoms with Crippen LogP contribution in [0.5, 0.6) is 0 Å². The number of anilines is 1. The molecule has 1 aromatic heterocycles. The number of hydrogen-bond acceptors (Lipinski definition) is 3. The highest BCUT2D eigenvalue weighted by Crippen LogP contribution is 2.22. The van der Waals surface area contributed by atoms with Crippen LogP contribution in [0.3, 0.4) is 0 Å². The lowest BCUT2D eigenvalue weighted by Gasteiger charge is -2.36. The Bertz CT molecular complexity index is 348. The molecule has 0 aromatic carbocycles. The Morgan fingerprint density at radius 3 is 2.71 bits per heavy atom. The van der Waals surface area contributed by atoms with Gasteiger partial charge in [0, 0.05) is 49.8 Å². The van der Waals surface area contributed by atoms with E-state index >= 15 is 0 Å². The molecule has 1 fully saturated rings. The molecule has 3 nitrogen and oxygen atoms in total. The van der Waals surface area contributed by atoms with E-state index in [2.05, 4.69) is 27.8 Å². The van der Waals surface area contributed by atoms with Crippen molar-refractivity contribution in [3.8, 4) is 0 Å². The number of rotatable bonds is 4. The van der Waals surface area contributed by atoms with Crippen molar-refractivity contribution in [3.05, 3.63) is 24.0 Å². The van der Waals surface area contributed by atoms with Crippen molar-refractivity contribution in [2.45, 2.75) is 19.2 Å². The lowest BCUT2D eigenvalue weighted by Crippen LogP contribution is -2.46. The van der Waals surface area contributed by atoms with Crippen LogP contribution in [0.2, 0.25) is 0 Å². The second-order valence-corrected chi connectivity index (χ2v) is 4.73. The summed E-state index contributed by atoms with van der Waals surface area (Å²) >= 11 is 5.95. The first kappa shape index (κ1) is 12.7. The molecule has 0 saturated carbocycles. The van der Waals surface area contributed by atoms with Crippen LogP contribution < -0.4 is 4.90 Å². The van der Waals surface area contributed by atoms with Gasteiger partial charge >= 0.3 is 0 Å². The highest BCUT2D eigenvalue weighted by molar-refractivity contribution is 6.17. The van der Waals surface area contributed by atoms with E-state index in [0.29, 0.717) is 5.88 Å². The molecule has 0 unspecified atom stereocenters. The SMILES string of the molecule is CCCN1CCN(c2ccncc2CCl)CC1. The first-order chi connectivity index (χ1) is 8.35. The number of aromatic nitrogens is 1. The maximum absolute atomic E-state index is 5.95. The molecular formula is C13H20ClN3. The van der Waals surface area contributed by atoms with E-state index in [-0.39, 0.29) is 0 Å². The Balaban J connectivity index is 2.00. The van der Waals surface area contributed by atoms with Gasteiger partial charge in [0.1, 0.15) is 0 Å². The minimum Gasteiger partial charge on any atom is -0.369 e. The molecule has 1 aliphatic heterocycles. The first-order valence-corrected chi connectivity index (χ1v) is 6.84. The predicted molar refractivity (Wildman–Crippen MR) is 72.7 cm³/mol. The van der Waals surface area contributed by atoms with E-state index < -0.39 is 0 Å². The van der Waals surface area contributed by atoms with Gasteiger partial charge < -0.3 is 4.90 Å². The van der Waals surface area contributed by atoms with E-state index in [1.165, 1.54) is 18.7 Å². The van der Waals surface area contributed by atoms with Gasteiger partial charge in [-0.15, -0.1) is 11.6 Å². The maximum Gasteiger partial charge on any atom is 0.0509 e. The lowest BCUT2D eigenvalue weighted by atomic mass is 10.2. The fourth-order valence-corrected chi connectivity index (χ4v) is 2.57. The second-order valence-electron chi connectivity index (χ2n) is 4.47. The van der Waals surface area contributed by atoms with Gasteiger partial charge in [-0.1, -0.05) is 6.92 Å². The molecule has 0 bridgehead atoms. The molecule has 0 N–H and O–H groups in total. The van der Waals surface area contributed by atoms with Gasteiger partial charge in [-0.25, -0.2) is 0 Å². The number of alkyl halides is 1. The summed E-state index contributed by atoms with van der Waals surface area (Å²) in [6, 6.07) is 2.08. The first-order valence-electron chi connectivity index (χ1n) is 6.31. The molecule has 0 atom stereocenters. The van der Waals surface area contributed by atoms with Crippen LogP contribution in [0.4, 0.5) is 5.69 Å². The van der Waals surface area contributed by atoms with E-state index in [4.69, 9.17) is 11.6 Å². The summed E-state index contributed by atoms with van der Waals surface area (Å²) in [5.74, 6) is 0.540. The monoisotopic (exact) mass is 253 g/mol. The fourth-order valence-electron chi connectivity index (χ4n) is 2.36. The van der Waals surface area contributed by atoms with Crippen molar-refractivity contribution in [1.29, 1.82) is 0 Å². The Kier molecular flexibility index (Phi) is 4.63. The quantitative estimate of drug-likeness (QED) is 0.768. The minimum atomic E-state index is 0.540. The maximum atomic E-state index is 5.95. The summed E-state index contributed by atoms with van der Waals surface area (Å²) in [6.07, 6.45) is 4.97. The van der Waals surface area contributed by atoms with Crippen LogP contribution in [0, 0.1) is 0 Å². The normalized spacial score (nSPS) is 17.4. The highest BCUT2D eigenvalue weighted by Gasteiger charge is 2.18. The molecule has 1 saturated heterocycles. The van der Waals surface area contributed by atoms with Crippen molar-refractivity contribution in [2.75, 3.05) is 37.6 Å². The molecule has 17 heavy (non-hydrogen) atoms. The third-order valence-electron chi connectivity index (χ3n) is 3.27. The Hall–Kier alpha value is -0.800. The van der Waals surface area contributed by atoms with Crippen LogP contribution >= 0.6 is 11.6 Å². The van der Waals surface area contributed by atoms with Crippen molar-refractivity contribution in [2.24, 2.45) is 0 Å². The fraction of sp³-hybridized carbons (Fsp3) is 0.615. The van der Waals surface area contributed by atoms with Gasteiger partial charge in [0.05, 0.1) is 5.88 Å². The molecule has 0 spiro atoms. The van der Waals surface area contributed by atoms with Crippen molar-refractivity contribution in [3.63, 3.8) is 0 Å². The Labute approximate surface area is 108 Å². The number of piperazine rings is 1. The number of nitrogens with zero attached hydrogens (tertiary/aromatic N) is 3. The predicted octanol–water partition coefficient (Wildman–Crippen LogP) is 2.35. The highest BCUT2D eigenvalue weighted by atomic mass is 35.5. The van der Waals surface area contributed by atoms with E-state index in [9.17, 15) is 0 Å². The van der Waals surface area contributed by atoms with Crippen LogP contribution in [0.25, 0.3) is 0 Å². The molecule has 0 radical (unpaired) electrons. The minimum absolute atomic E-state index is 0.540. The second kappa shape index (κ2) is 6.22. The van der Waals surface area contributed by atoms with Gasteiger partial charge in [-0.2, -0.15) is 0 Å². The summed E-state index contributed by atoms with van der Waals surface area (Å²) in [4.78, 5) is 9.08. The summed E-state index contributed by atoms with van der Waals surface area (Å²) in [7, 11) is 0. The van der Waals surface area contributed by atoms with Gasteiger partial charge in [-0.3, -0.25) is 9.88 Å². The summed E-state index contributed by atoms with van der Waals surface area (Å²) < 4.78 is 0. The molecule has 1 aromatic rings. The topological polar surface area (TPSA) is 19.4 Å². The molecule has 94 valence electrons. The number of hydrogen-bond donors (Lipinski definition) is 0. The zero-order chi connectivity index (χ0) is 12.1. The largest absolute Gasteiger partial charge is 0.369 e. The molecule has 0 amide bonds. The van der Waals surface area contributed by atoms with Crippen LogP contribution in [0.1, 0.15) is 18.9 Å². The van der Waals surface area contributed by atoms with Gasteiger partial charge in [-0.05, 0) is 19.0 Å². The lowest BCUT2D eigenvalue weighted by molar-refractivity contribution is 0.258. The van der Waals surface area contributed by atoms with E-state index in [0.717, 1.165) is 31.7 Å². The van der Waals surface area contributed by atoms with Gasteiger partial charge in [0.25, 0.3) is 0 Å². The molecule has 2 rings (SSSR count). The number of halogens is 1. The van der Waals surface area contributed by atoms with Gasteiger partial charge in [0.15, 0.2) is 0 Å². The van der Waals surface area contributed by atoms with Crippen LogP contribution in [-0.4, -0.2) is 42.6 Å². The molecule has 4 heteroatoms. The summed E-state index contributed by atoms with van der Waals surface area (Å²) in [5, 5.41) is 0. The average Bonchev–Trinajstić information content (AvgIpc) is 2.40. The Morgan fingerprint density at radius 2 is 2.06 bits per heavy atom. The average molecular weight is 254 g/mol. The summed E-state index contributed by atoms with van der Waals surface area (Å²) in [6.45, 7) is 7.94. The van der Waals surface area contributed by atoms with E-state index in [1.54, 1.807) is 0 Å². The third-order valence-corrected chi connectivity index (χ3v) is 3.56. The van der Waals surface area contributed by atoms with E-state index in [1.807, 2.05) is 12.4 Å². The van der Waals surface area contributed by atoms with Crippen molar-refractivity contribution < 1.29 is 0 Å². The smallest absolute Gasteiger partial charge is 0.0509 e. The molecule has 2 heterocycles. The third kappa shape index (κ3) is 3.11. The summed E-state index contributed by atoms with van der Waals surface area (Å²) in [5.41, 5.74) is 2.39. The Morgan fingerprint density at radius 1 is 1.29 bits per heavy atom. The number of pyridine rings is 1.